The fraction of sp³-hybridized carbons (Fsp3) is 0.529. The third-order valence-corrected chi connectivity index (χ3v) is 4.36. The van der Waals surface area contributed by atoms with Crippen molar-refractivity contribution in [1.29, 1.82) is 0 Å². The van der Waals surface area contributed by atoms with E-state index in [9.17, 15) is 4.79 Å². The van der Waals surface area contributed by atoms with Gasteiger partial charge in [-0.2, -0.15) is 0 Å². The summed E-state index contributed by atoms with van der Waals surface area (Å²) in [6.45, 7) is 8.78. The molecule has 1 aromatic heterocycles. The van der Waals surface area contributed by atoms with Gasteiger partial charge in [0, 0.05) is 39.5 Å². The van der Waals surface area contributed by atoms with Gasteiger partial charge in [0.15, 0.2) is 11.5 Å². The maximum atomic E-state index is 12.3. The number of carbonyl (C=O) groups excluding carboxylic acids is 1. The minimum Gasteiger partial charge on any atom is -0.441 e. The summed E-state index contributed by atoms with van der Waals surface area (Å²) >= 11 is 0. The monoisotopic (exact) mass is 301 g/mol. The van der Waals surface area contributed by atoms with Crippen molar-refractivity contribution >= 4 is 17.0 Å². The van der Waals surface area contributed by atoms with Crippen LogP contribution in [0.4, 0.5) is 0 Å². The Kier molecular flexibility index (Phi) is 4.43. The van der Waals surface area contributed by atoms with E-state index in [0.29, 0.717) is 12.3 Å². The molecular formula is C17H23N3O2. The Bertz CT molecular complexity index is 657. The molecule has 1 saturated heterocycles. The summed E-state index contributed by atoms with van der Waals surface area (Å²) in [5, 5.41) is 0. The SMILES string of the molecule is CCN1CCN(C(=O)CCc2ccc3oc(C)nc3c2)CC1. The molecule has 0 unspecified atom stereocenters. The second-order valence-corrected chi connectivity index (χ2v) is 5.85. The lowest BCUT2D eigenvalue weighted by atomic mass is 10.1. The molecule has 22 heavy (non-hydrogen) atoms. The Morgan fingerprint density at radius 3 is 2.77 bits per heavy atom. The van der Waals surface area contributed by atoms with Crippen LogP contribution in [0, 0.1) is 6.92 Å². The largest absolute Gasteiger partial charge is 0.441 e. The van der Waals surface area contributed by atoms with Crippen molar-refractivity contribution in [2.75, 3.05) is 32.7 Å². The van der Waals surface area contributed by atoms with Crippen molar-refractivity contribution in [2.24, 2.45) is 0 Å². The first kappa shape index (κ1) is 15.0. The van der Waals surface area contributed by atoms with Crippen molar-refractivity contribution in [3.63, 3.8) is 0 Å². The maximum Gasteiger partial charge on any atom is 0.222 e. The van der Waals surface area contributed by atoms with Crippen molar-refractivity contribution in [3.05, 3.63) is 29.7 Å². The average molecular weight is 301 g/mol. The average Bonchev–Trinajstić information content (AvgIpc) is 2.92. The number of aryl methyl sites for hydroxylation is 2. The predicted molar refractivity (Wildman–Crippen MR) is 85.8 cm³/mol. The molecule has 118 valence electrons. The summed E-state index contributed by atoms with van der Waals surface area (Å²) in [7, 11) is 0. The van der Waals surface area contributed by atoms with Crippen LogP contribution in [0.3, 0.4) is 0 Å². The molecule has 0 atom stereocenters. The lowest BCUT2D eigenvalue weighted by Gasteiger charge is -2.34. The molecule has 5 nitrogen and oxygen atoms in total. The van der Waals surface area contributed by atoms with E-state index in [1.54, 1.807) is 0 Å². The molecule has 1 aliphatic heterocycles. The maximum absolute atomic E-state index is 12.3. The second kappa shape index (κ2) is 6.48. The number of hydrogen-bond acceptors (Lipinski definition) is 4. The van der Waals surface area contributed by atoms with Gasteiger partial charge in [-0.3, -0.25) is 4.79 Å². The van der Waals surface area contributed by atoms with Gasteiger partial charge in [0.1, 0.15) is 5.52 Å². The summed E-state index contributed by atoms with van der Waals surface area (Å²) in [5.74, 6) is 0.934. The molecule has 0 saturated carbocycles. The number of likely N-dealkylation sites (N-methyl/N-ethyl adjacent to an activating group) is 1. The normalized spacial score (nSPS) is 16.4. The molecule has 0 spiro atoms. The summed E-state index contributed by atoms with van der Waals surface area (Å²) in [5.41, 5.74) is 2.82. The molecule has 1 amide bonds. The Balaban J connectivity index is 1.55. The minimum atomic E-state index is 0.257. The first-order chi connectivity index (χ1) is 10.7. The molecule has 2 heterocycles. The van der Waals surface area contributed by atoms with Gasteiger partial charge in [-0.25, -0.2) is 4.98 Å². The number of nitrogens with zero attached hydrogens (tertiary/aromatic N) is 3. The number of hydrogen-bond donors (Lipinski definition) is 0. The van der Waals surface area contributed by atoms with Crippen LogP contribution < -0.4 is 0 Å². The standard InChI is InChI=1S/C17H23N3O2/c1-3-19-8-10-20(11-9-19)17(21)7-5-14-4-6-16-15(12-14)18-13(2)22-16/h4,6,12H,3,5,7-11H2,1-2H3. The van der Waals surface area contributed by atoms with Crippen LogP contribution >= 0.6 is 0 Å². The summed E-state index contributed by atoms with van der Waals surface area (Å²) in [6.07, 6.45) is 1.32. The number of aromatic nitrogens is 1. The molecule has 0 bridgehead atoms. The van der Waals surface area contributed by atoms with Crippen molar-refractivity contribution in [1.82, 2.24) is 14.8 Å². The van der Waals surface area contributed by atoms with E-state index in [1.807, 2.05) is 30.0 Å². The molecule has 0 radical (unpaired) electrons. The minimum absolute atomic E-state index is 0.257. The molecule has 0 aliphatic carbocycles. The molecule has 5 heteroatoms. The molecule has 0 N–H and O–H groups in total. The molecule has 1 aliphatic rings. The van der Waals surface area contributed by atoms with Crippen LogP contribution in [0.25, 0.3) is 11.1 Å². The van der Waals surface area contributed by atoms with E-state index in [-0.39, 0.29) is 5.91 Å². The number of oxazole rings is 1. The molecule has 2 aromatic rings. The fourth-order valence-electron chi connectivity index (χ4n) is 2.97. The Morgan fingerprint density at radius 2 is 2.05 bits per heavy atom. The number of fused-ring (bicyclic) bond motifs is 1. The predicted octanol–water partition coefficient (Wildman–Crippen LogP) is 2.23. The van der Waals surface area contributed by atoms with Crippen LogP contribution in [0.2, 0.25) is 0 Å². The number of piperazine rings is 1. The quantitative estimate of drug-likeness (QED) is 0.869. The van der Waals surface area contributed by atoms with Crippen LogP contribution in [0.15, 0.2) is 22.6 Å². The van der Waals surface area contributed by atoms with E-state index in [0.717, 1.165) is 55.8 Å². The van der Waals surface area contributed by atoms with Crippen LogP contribution in [0.1, 0.15) is 24.8 Å². The second-order valence-electron chi connectivity index (χ2n) is 5.85. The van der Waals surface area contributed by atoms with Gasteiger partial charge in [-0.1, -0.05) is 13.0 Å². The Hall–Kier alpha value is -1.88. The van der Waals surface area contributed by atoms with Gasteiger partial charge in [0.05, 0.1) is 0 Å². The van der Waals surface area contributed by atoms with Crippen LogP contribution in [-0.2, 0) is 11.2 Å². The van der Waals surface area contributed by atoms with E-state index >= 15 is 0 Å². The number of rotatable bonds is 4. The van der Waals surface area contributed by atoms with E-state index < -0.39 is 0 Å². The molecule has 1 fully saturated rings. The summed E-state index contributed by atoms with van der Waals surface area (Å²) in [4.78, 5) is 21.0. The first-order valence-electron chi connectivity index (χ1n) is 8.02. The number of benzene rings is 1. The fourth-order valence-corrected chi connectivity index (χ4v) is 2.97. The zero-order valence-corrected chi connectivity index (χ0v) is 13.3. The lowest BCUT2D eigenvalue weighted by Crippen LogP contribution is -2.48. The highest BCUT2D eigenvalue weighted by atomic mass is 16.3. The van der Waals surface area contributed by atoms with Gasteiger partial charge in [-0.15, -0.1) is 0 Å². The van der Waals surface area contributed by atoms with Gasteiger partial charge < -0.3 is 14.2 Å². The van der Waals surface area contributed by atoms with E-state index in [1.165, 1.54) is 0 Å². The first-order valence-corrected chi connectivity index (χ1v) is 8.02. The van der Waals surface area contributed by atoms with Gasteiger partial charge in [0.2, 0.25) is 5.91 Å². The Labute approximate surface area is 130 Å². The summed E-state index contributed by atoms with van der Waals surface area (Å²) in [6, 6.07) is 5.98. The molecule has 1 aromatic carbocycles. The van der Waals surface area contributed by atoms with Crippen LogP contribution in [0.5, 0.6) is 0 Å². The topological polar surface area (TPSA) is 49.6 Å². The highest BCUT2D eigenvalue weighted by Crippen LogP contribution is 2.18. The highest BCUT2D eigenvalue weighted by molar-refractivity contribution is 5.77. The summed E-state index contributed by atoms with van der Waals surface area (Å²) < 4.78 is 5.47. The number of amides is 1. The van der Waals surface area contributed by atoms with Crippen molar-refractivity contribution in [2.45, 2.75) is 26.7 Å². The van der Waals surface area contributed by atoms with Gasteiger partial charge in [-0.05, 0) is 30.7 Å². The van der Waals surface area contributed by atoms with Crippen LogP contribution in [-0.4, -0.2) is 53.4 Å². The highest BCUT2D eigenvalue weighted by Gasteiger charge is 2.19. The van der Waals surface area contributed by atoms with Gasteiger partial charge in [0.25, 0.3) is 0 Å². The zero-order chi connectivity index (χ0) is 15.5. The van der Waals surface area contributed by atoms with Gasteiger partial charge >= 0.3 is 0 Å². The third kappa shape index (κ3) is 3.30. The smallest absolute Gasteiger partial charge is 0.222 e. The lowest BCUT2D eigenvalue weighted by molar-refractivity contribution is -0.132. The number of carbonyl (C=O) groups is 1. The molecular weight excluding hydrogens is 278 g/mol. The third-order valence-electron chi connectivity index (χ3n) is 4.36. The zero-order valence-electron chi connectivity index (χ0n) is 13.3. The molecule has 3 rings (SSSR count). The van der Waals surface area contributed by atoms with Crippen molar-refractivity contribution < 1.29 is 9.21 Å². The van der Waals surface area contributed by atoms with E-state index in [4.69, 9.17) is 4.42 Å². The Morgan fingerprint density at radius 1 is 1.27 bits per heavy atom. The van der Waals surface area contributed by atoms with E-state index in [2.05, 4.69) is 16.8 Å². The van der Waals surface area contributed by atoms with Crippen molar-refractivity contribution in [3.8, 4) is 0 Å².